The molecule has 0 aliphatic heterocycles. The van der Waals surface area contributed by atoms with Crippen molar-refractivity contribution < 1.29 is 13.9 Å². The van der Waals surface area contributed by atoms with E-state index in [-0.39, 0.29) is 28.6 Å². The van der Waals surface area contributed by atoms with Crippen LogP contribution in [0.5, 0.6) is 5.75 Å². The zero-order valence-electron chi connectivity index (χ0n) is 13.4. The first-order valence-electron chi connectivity index (χ1n) is 7.48. The summed E-state index contributed by atoms with van der Waals surface area (Å²) in [4.78, 5) is 24.9. The first kappa shape index (κ1) is 16.4. The summed E-state index contributed by atoms with van der Waals surface area (Å²) in [5.74, 6) is -0.954. The predicted molar refractivity (Wildman–Crippen MR) is 92.8 cm³/mol. The Labute approximate surface area is 143 Å². The maximum absolute atomic E-state index is 14.0. The summed E-state index contributed by atoms with van der Waals surface area (Å²) in [7, 11) is 1.35. The number of anilines is 1. The molecular weight excluding hydrogens is 323 g/mol. The predicted octanol–water partition coefficient (Wildman–Crippen LogP) is 2.80. The second kappa shape index (κ2) is 6.60. The molecule has 1 aromatic heterocycles. The van der Waals surface area contributed by atoms with E-state index in [4.69, 9.17) is 10.5 Å². The number of methoxy groups -OCH3 is 1. The van der Waals surface area contributed by atoms with E-state index in [0.29, 0.717) is 5.56 Å². The Balaban J connectivity index is 2.14. The molecule has 25 heavy (non-hydrogen) atoms. The van der Waals surface area contributed by atoms with Crippen LogP contribution in [0.15, 0.2) is 65.5 Å². The first-order chi connectivity index (χ1) is 12.0. The summed E-state index contributed by atoms with van der Waals surface area (Å²) >= 11 is 0. The topological polar surface area (TPSA) is 74.3 Å². The minimum Gasteiger partial charge on any atom is -0.494 e. The van der Waals surface area contributed by atoms with Crippen LogP contribution in [0.1, 0.15) is 15.9 Å². The smallest absolute Gasteiger partial charge is 0.256 e. The van der Waals surface area contributed by atoms with E-state index in [2.05, 4.69) is 0 Å². The molecule has 0 radical (unpaired) electrons. The normalized spacial score (nSPS) is 10.5. The Morgan fingerprint density at radius 3 is 2.44 bits per heavy atom. The van der Waals surface area contributed by atoms with Crippen LogP contribution in [0.4, 0.5) is 10.2 Å². The lowest BCUT2D eigenvalue weighted by atomic mass is 10.0. The van der Waals surface area contributed by atoms with E-state index in [1.54, 1.807) is 30.3 Å². The van der Waals surface area contributed by atoms with E-state index in [1.807, 2.05) is 0 Å². The van der Waals surface area contributed by atoms with Crippen LogP contribution < -0.4 is 16.0 Å². The minimum atomic E-state index is -0.633. The molecule has 2 N–H and O–H groups in total. The highest BCUT2D eigenvalue weighted by Gasteiger charge is 2.17. The van der Waals surface area contributed by atoms with Crippen molar-refractivity contribution in [3.05, 3.63) is 88.0 Å². The molecule has 0 saturated carbocycles. The number of rotatable bonds is 4. The molecule has 0 amide bonds. The molecule has 0 fully saturated rings. The van der Waals surface area contributed by atoms with Crippen molar-refractivity contribution in [1.82, 2.24) is 4.57 Å². The van der Waals surface area contributed by atoms with Gasteiger partial charge in [-0.25, -0.2) is 4.39 Å². The number of nitrogens with zero attached hydrogens (tertiary/aromatic N) is 1. The van der Waals surface area contributed by atoms with Crippen molar-refractivity contribution in [2.45, 2.75) is 0 Å². The van der Waals surface area contributed by atoms with Crippen LogP contribution in [-0.4, -0.2) is 17.5 Å². The molecule has 0 aliphatic rings. The monoisotopic (exact) mass is 338 g/mol. The number of aromatic nitrogens is 1. The molecule has 126 valence electrons. The molecule has 0 atom stereocenters. The molecule has 0 saturated heterocycles. The summed E-state index contributed by atoms with van der Waals surface area (Å²) in [5.41, 5.74) is 6.42. The Hall–Kier alpha value is -3.41. The van der Waals surface area contributed by atoms with Crippen LogP contribution >= 0.6 is 0 Å². The second-order valence-corrected chi connectivity index (χ2v) is 5.32. The second-order valence-electron chi connectivity index (χ2n) is 5.32. The summed E-state index contributed by atoms with van der Waals surface area (Å²) < 4.78 is 19.9. The van der Waals surface area contributed by atoms with Gasteiger partial charge in [0.1, 0.15) is 5.82 Å². The SMILES string of the molecule is COc1ccc(-n2c(N)c(C(=O)c3ccccc3)ccc2=O)cc1F. The first-order valence-corrected chi connectivity index (χ1v) is 7.48. The highest BCUT2D eigenvalue weighted by molar-refractivity contribution is 6.11. The number of carbonyl (C=O) groups excluding carboxylic acids is 1. The van der Waals surface area contributed by atoms with Crippen molar-refractivity contribution in [2.75, 3.05) is 12.8 Å². The Kier molecular flexibility index (Phi) is 4.35. The minimum absolute atomic E-state index is 0.0480. The van der Waals surface area contributed by atoms with Crippen molar-refractivity contribution in [2.24, 2.45) is 0 Å². The lowest BCUT2D eigenvalue weighted by Crippen LogP contribution is -2.23. The molecule has 3 aromatic rings. The number of benzene rings is 2. The van der Waals surface area contributed by atoms with E-state index in [0.717, 1.165) is 10.6 Å². The van der Waals surface area contributed by atoms with Gasteiger partial charge in [-0.1, -0.05) is 30.3 Å². The Bertz CT molecular complexity index is 997. The van der Waals surface area contributed by atoms with E-state index in [9.17, 15) is 14.0 Å². The molecule has 3 rings (SSSR count). The van der Waals surface area contributed by atoms with Crippen molar-refractivity contribution >= 4 is 11.6 Å². The van der Waals surface area contributed by atoms with Gasteiger partial charge in [0.2, 0.25) is 0 Å². The van der Waals surface area contributed by atoms with Gasteiger partial charge in [0.05, 0.1) is 18.4 Å². The molecule has 0 unspecified atom stereocenters. The zero-order chi connectivity index (χ0) is 18.0. The maximum Gasteiger partial charge on any atom is 0.256 e. The number of nitrogens with two attached hydrogens (primary N) is 1. The largest absolute Gasteiger partial charge is 0.494 e. The number of nitrogen functional groups attached to an aromatic ring is 1. The lowest BCUT2D eigenvalue weighted by Gasteiger charge is -2.14. The third kappa shape index (κ3) is 3.01. The van der Waals surface area contributed by atoms with Crippen molar-refractivity contribution in [3.8, 4) is 11.4 Å². The molecule has 5 nitrogen and oxygen atoms in total. The van der Waals surface area contributed by atoms with Gasteiger partial charge >= 0.3 is 0 Å². The average Bonchev–Trinajstić information content (AvgIpc) is 2.62. The summed E-state index contributed by atoms with van der Waals surface area (Å²) in [6, 6.07) is 15.2. The lowest BCUT2D eigenvalue weighted by molar-refractivity contribution is 0.103. The van der Waals surface area contributed by atoms with Crippen molar-refractivity contribution in [1.29, 1.82) is 0 Å². The maximum atomic E-state index is 14.0. The summed E-state index contributed by atoms with van der Waals surface area (Å²) in [6.45, 7) is 0. The summed E-state index contributed by atoms with van der Waals surface area (Å²) in [6.07, 6.45) is 0. The quantitative estimate of drug-likeness (QED) is 0.742. The number of hydrogen-bond acceptors (Lipinski definition) is 4. The fraction of sp³-hybridized carbons (Fsp3) is 0.0526. The summed E-state index contributed by atoms with van der Waals surface area (Å²) in [5, 5.41) is 0. The van der Waals surface area contributed by atoms with Crippen molar-refractivity contribution in [3.63, 3.8) is 0 Å². The van der Waals surface area contributed by atoms with Gasteiger partial charge in [-0.2, -0.15) is 0 Å². The van der Waals surface area contributed by atoms with Crippen LogP contribution in [-0.2, 0) is 0 Å². The molecule has 0 spiro atoms. The highest BCUT2D eigenvalue weighted by atomic mass is 19.1. The van der Waals surface area contributed by atoms with Gasteiger partial charge in [0.25, 0.3) is 5.56 Å². The third-order valence-electron chi connectivity index (χ3n) is 3.80. The molecule has 6 heteroatoms. The number of ketones is 1. The zero-order valence-corrected chi connectivity index (χ0v) is 13.4. The molecule has 1 heterocycles. The van der Waals surface area contributed by atoms with Gasteiger partial charge in [-0.05, 0) is 18.2 Å². The Morgan fingerprint density at radius 2 is 1.80 bits per heavy atom. The van der Waals surface area contributed by atoms with Crippen LogP contribution in [0, 0.1) is 5.82 Å². The van der Waals surface area contributed by atoms with Crippen LogP contribution in [0.2, 0.25) is 0 Å². The molecular formula is C19H15FN2O3. The number of hydrogen-bond donors (Lipinski definition) is 1. The number of pyridine rings is 1. The highest BCUT2D eigenvalue weighted by Crippen LogP contribution is 2.23. The van der Waals surface area contributed by atoms with Gasteiger partial charge in [-0.3, -0.25) is 14.2 Å². The Morgan fingerprint density at radius 1 is 1.08 bits per heavy atom. The number of halogens is 1. The number of ether oxygens (including phenoxy) is 1. The van der Waals surface area contributed by atoms with E-state index in [1.165, 1.54) is 31.4 Å². The number of carbonyl (C=O) groups is 1. The van der Waals surface area contributed by atoms with Crippen LogP contribution in [0.25, 0.3) is 5.69 Å². The van der Waals surface area contributed by atoms with Gasteiger partial charge in [0, 0.05) is 17.7 Å². The van der Waals surface area contributed by atoms with Gasteiger partial charge in [-0.15, -0.1) is 0 Å². The molecule has 0 bridgehead atoms. The van der Waals surface area contributed by atoms with E-state index >= 15 is 0 Å². The standard InChI is InChI=1S/C19H15FN2O3/c1-25-16-9-7-13(11-15(16)20)22-17(23)10-8-14(19(22)21)18(24)12-5-3-2-4-6-12/h2-11H,21H2,1H3. The van der Waals surface area contributed by atoms with Crippen LogP contribution in [0.3, 0.4) is 0 Å². The molecule has 2 aromatic carbocycles. The fourth-order valence-electron chi connectivity index (χ4n) is 2.55. The molecule has 0 aliphatic carbocycles. The third-order valence-corrected chi connectivity index (χ3v) is 3.80. The average molecular weight is 338 g/mol. The van der Waals surface area contributed by atoms with Gasteiger partial charge in [0.15, 0.2) is 17.3 Å². The van der Waals surface area contributed by atoms with E-state index < -0.39 is 11.4 Å². The fourth-order valence-corrected chi connectivity index (χ4v) is 2.55. The van der Waals surface area contributed by atoms with Gasteiger partial charge < -0.3 is 10.5 Å².